The SMILES string of the molecule is N[C@H]1CCCN[C@H]1C(=O)O. The minimum Gasteiger partial charge on any atom is -0.480 e. The Balaban J connectivity index is 2.47. The zero-order chi connectivity index (χ0) is 7.56. The zero-order valence-corrected chi connectivity index (χ0v) is 5.71. The number of nitrogens with two attached hydrogens (primary N) is 1. The van der Waals surface area contributed by atoms with Crippen LogP contribution >= 0.6 is 0 Å². The summed E-state index contributed by atoms with van der Waals surface area (Å²) in [5.74, 6) is -0.841. The summed E-state index contributed by atoms with van der Waals surface area (Å²) in [7, 11) is 0. The minimum atomic E-state index is -0.841. The number of carbonyl (C=O) groups is 1. The fourth-order valence-electron chi connectivity index (χ4n) is 1.18. The first-order chi connectivity index (χ1) is 4.72. The number of hydrogen-bond acceptors (Lipinski definition) is 3. The van der Waals surface area contributed by atoms with Crippen LogP contribution in [0.3, 0.4) is 0 Å². The van der Waals surface area contributed by atoms with Crippen molar-refractivity contribution >= 4 is 5.97 Å². The van der Waals surface area contributed by atoms with E-state index >= 15 is 0 Å². The van der Waals surface area contributed by atoms with Crippen molar-refractivity contribution in [2.24, 2.45) is 5.73 Å². The van der Waals surface area contributed by atoms with E-state index < -0.39 is 12.0 Å². The molecule has 0 radical (unpaired) electrons. The van der Waals surface area contributed by atoms with Crippen molar-refractivity contribution in [1.82, 2.24) is 5.32 Å². The van der Waals surface area contributed by atoms with E-state index in [0.717, 1.165) is 19.4 Å². The molecule has 0 bridgehead atoms. The summed E-state index contributed by atoms with van der Waals surface area (Å²) >= 11 is 0. The van der Waals surface area contributed by atoms with Crippen molar-refractivity contribution in [3.8, 4) is 0 Å². The van der Waals surface area contributed by atoms with E-state index in [-0.39, 0.29) is 6.04 Å². The fourth-order valence-corrected chi connectivity index (χ4v) is 1.18. The first-order valence-corrected chi connectivity index (χ1v) is 3.43. The molecular weight excluding hydrogens is 132 g/mol. The lowest BCUT2D eigenvalue weighted by Crippen LogP contribution is -2.53. The zero-order valence-electron chi connectivity index (χ0n) is 5.71. The number of piperidine rings is 1. The van der Waals surface area contributed by atoms with Gasteiger partial charge in [-0.2, -0.15) is 0 Å². The molecular formula is C6H12N2O2. The van der Waals surface area contributed by atoms with Crippen LogP contribution in [0.25, 0.3) is 0 Å². The minimum absolute atomic E-state index is 0.216. The molecule has 1 saturated heterocycles. The summed E-state index contributed by atoms with van der Waals surface area (Å²) in [4.78, 5) is 10.4. The Morgan fingerprint density at radius 1 is 1.70 bits per heavy atom. The summed E-state index contributed by atoms with van der Waals surface area (Å²) in [6.07, 6.45) is 1.79. The molecule has 0 aromatic rings. The highest BCUT2D eigenvalue weighted by atomic mass is 16.4. The fraction of sp³-hybridized carbons (Fsp3) is 0.833. The van der Waals surface area contributed by atoms with Crippen molar-refractivity contribution in [3.63, 3.8) is 0 Å². The number of carboxylic acids is 1. The molecule has 0 aromatic heterocycles. The van der Waals surface area contributed by atoms with E-state index in [9.17, 15) is 4.79 Å². The van der Waals surface area contributed by atoms with Gasteiger partial charge in [0.25, 0.3) is 0 Å². The van der Waals surface area contributed by atoms with Crippen LogP contribution in [0.15, 0.2) is 0 Å². The Morgan fingerprint density at radius 3 is 2.80 bits per heavy atom. The van der Waals surface area contributed by atoms with E-state index in [0.29, 0.717) is 0 Å². The molecule has 0 aliphatic carbocycles. The molecule has 4 N–H and O–H groups in total. The van der Waals surface area contributed by atoms with Crippen LogP contribution in [0.4, 0.5) is 0 Å². The van der Waals surface area contributed by atoms with Gasteiger partial charge in [0.05, 0.1) is 0 Å². The highest BCUT2D eigenvalue weighted by Crippen LogP contribution is 2.05. The quantitative estimate of drug-likeness (QED) is 0.448. The first kappa shape index (κ1) is 7.50. The molecule has 0 saturated carbocycles. The van der Waals surface area contributed by atoms with Crippen molar-refractivity contribution < 1.29 is 9.90 Å². The summed E-state index contributed by atoms with van der Waals surface area (Å²) < 4.78 is 0. The van der Waals surface area contributed by atoms with Crippen molar-refractivity contribution in [2.75, 3.05) is 6.54 Å². The van der Waals surface area contributed by atoms with Gasteiger partial charge >= 0.3 is 5.97 Å². The summed E-state index contributed by atoms with van der Waals surface area (Å²) in [5, 5.41) is 11.4. The predicted molar refractivity (Wildman–Crippen MR) is 36.6 cm³/mol. The van der Waals surface area contributed by atoms with Gasteiger partial charge in [-0.1, -0.05) is 0 Å². The maximum Gasteiger partial charge on any atom is 0.322 e. The van der Waals surface area contributed by atoms with Gasteiger partial charge in [0.1, 0.15) is 6.04 Å². The van der Waals surface area contributed by atoms with E-state index in [1.54, 1.807) is 0 Å². The van der Waals surface area contributed by atoms with E-state index in [1.807, 2.05) is 0 Å². The Hall–Kier alpha value is -0.610. The second kappa shape index (κ2) is 2.98. The number of rotatable bonds is 1. The molecule has 1 rings (SSSR count). The van der Waals surface area contributed by atoms with E-state index in [4.69, 9.17) is 10.8 Å². The van der Waals surface area contributed by atoms with Gasteiger partial charge in [-0.15, -0.1) is 0 Å². The van der Waals surface area contributed by atoms with Crippen molar-refractivity contribution in [3.05, 3.63) is 0 Å². The van der Waals surface area contributed by atoms with Crippen LogP contribution in [0, 0.1) is 0 Å². The smallest absolute Gasteiger partial charge is 0.322 e. The van der Waals surface area contributed by atoms with Crippen LogP contribution < -0.4 is 11.1 Å². The van der Waals surface area contributed by atoms with Gasteiger partial charge in [-0.25, -0.2) is 0 Å². The molecule has 10 heavy (non-hydrogen) atoms. The summed E-state index contributed by atoms with van der Waals surface area (Å²) in [5.41, 5.74) is 5.54. The second-order valence-corrected chi connectivity index (χ2v) is 2.58. The van der Waals surface area contributed by atoms with Gasteiger partial charge in [0.2, 0.25) is 0 Å². The highest BCUT2D eigenvalue weighted by molar-refractivity contribution is 5.74. The molecule has 0 amide bonds. The van der Waals surface area contributed by atoms with E-state index in [2.05, 4.69) is 5.32 Å². The van der Waals surface area contributed by atoms with Crippen molar-refractivity contribution in [2.45, 2.75) is 24.9 Å². The van der Waals surface area contributed by atoms with Gasteiger partial charge in [-0.05, 0) is 19.4 Å². The van der Waals surface area contributed by atoms with E-state index in [1.165, 1.54) is 0 Å². The van der Waals surface area contributed by atoms with Crippen LogP contribution in [-0.4, -0.2) is 29.7 Å². The number of carboxylic acid groups (broad SMARTS) is 1. The van der Waals surface area contributed by atoms with Crippen LogP contribution in [0.2, 0.25) is 0 Å². The number of aliphatic carboxylic acids is 1. The van der Waals surface area contributed by atoms with Crippen molar-refractivity contribution in [1.29, 1.82) is 0 Å². The largest absolute Gasteiger partial charge is 0.480 e. The Kier molecular flexibility index (Phi) is 2.24. The molecule has 1 aliphatic rings. The molecule has 1 heterocycles. The molecule has 58 valence electrons. The Morgan fingerprint density at radius 2 is 2.40 bits per heavy atom. The predicted octanol–water partition coefficient (Wildman–Crippen LogP) is -0.850. The lowest BCUT2D eigenvalue weighted by atomic mass is 10.00. The third kappa shape index (κ3) is 1.46. The number of hydrogen-bond donors (Lipinski definition) is 3. The molecule has 4 heteroatoms. The monoisotopic (exact) mass is 144 g/mol. The van der Waals surface area contributed by atoms with Gasteiger partial charge in [0, 0.05) is 6.04 Å². The number of nitrogens with one attached hydrogen (secondary N) is 1. The molecule has 1 fully saturated rings. The second-order valence-electron chi connectivity index (χ2n) is 2.58. The topological polar surface area (TPSA) is 75.3 Å². The Bertz CT molecular complexity index is 138. The molecule has 2 atom stereocenters. The molecule has 0 unspecified atom stereocenters. The van der Waals surface area contributed by atoms with Gasteiger partial charge in [-0.3, -0.25) is 4.79 Å². The normalized spacial score (nSPS) is 33.7. The van der Waals surface area contributed by atoms with Crippen LogP contribution in [-0.2, 0) is 4.79 Å². The first-order valence-electron chi connectivity index (χ1n) is 3.43. The average Bonchev–Trinajstić information content (AvgIpc) is 1.88. The average molecular weight is 144 g/mol. The third-order valence-corrected chi connectivity index (χ3v) is 1.77. The summed E-state index contributed by atoms with van der Waals surface area (Å²) in [6.45, 7) is 0.769. The summed E-state index contributed by atoms with van der Waals surface area (Å²) in [6, 6.07) is -0.750. The maximum absolute atomic E-state index is 10.4. The maximum atomic E-state index is 10.4. The lowest BCUT2D eigenvalue weighted by Gasteiger charge is -2.25. The van der Waals surface area contributed by atoms with Gasteiger partial charge < -0.3 is 16.2 Å². The Labute approximate surface area is 59.4 Å². The van der Waals surface area contributed by atoms with Crippen LogP contribution in [0.1, 0.15) is 12.8 Å². The standard InChI is InChI=1S/C6H12N2O2/c7-4-2-1-3-8-5(4)6(9)10/h4-5,8H,1-3,7H2,(H,9,10)/t4-,5+/m0/s1. The third-order valence-electron chi connectivity index (χ3n) is 1.77. The molecule has 0 aromatic carbocycles. The molecule has 4 nitrogen and oxygen atoms in total. The lowest BCUT2D eigenvalue weighted by molar-refractivity contribution is -0.140. The molecule has 1 aliphatic heterocycles. The highest BCUT2D eigenvalue weighted by Gasteiger charge is 2.26. The van der Waals surface area contributed by atoms with Gasteiger partial charge in [0.15, 0.2) is 0 Å². The van der Waals surface area contributed by atoms with Crippen LogP contribution in [0.5, 0.6) is 0 Å². The molecule has 0 spiro atoms.